The molecule has 0 fully saturated rings. The van der Waals surface area contributed by atoms with Gasteiger partial charge in [0.25, 0.3) is 0 Å². The summed E-state index contributed by atoms with van der Waals surface area (Å²) in [5, 5.41) is 2.60. The van der Waals surface area contributed by atoms with Crippen LogP contribution in [0.4, 0.5) is 0 Å². The molecule has 0 aliphatic heterocycles. The molecule has 1 nitrogen and oxygen atoms in total. The number of unbranched alkanes of at least 4 members (excludes halogenated alkanes) is 2. The Kier molecular flexibility index (Phi) is 3.55. The van der Waals surface area contributed by atoms with Crippen LogP contribution in [0.5, 0.6) is 0 Å². The number of rotatable bonds is 4. The molecule has 2 rings (SSSR count). The van der Waals surface area contributed by atoms with Gasteiger partial charge in [0.05, 0.1) is 0 Å². The number of aryl methyl sites for hydroxylation is 2. The van der Waals surface area contributed by atoms with Crippen molar-refractivity contribution in [3.8, 4) is 0 Å². The number of benzene rings is 1. The molecule has 1 aromatic heterocycles. The highest BCUT2D eigenvalue weighted by molar-refractivity contribution is 5.85. The summed E-state index contributed by atoms with van der Waals surface area (Å²) in [4.78, 5) is 4.58. The molecule has 0 N–H and O–H groups in total. The van der Waals surface area contributed by atoms with E-state index in [1.54, 1.807) is 0 Å². The van der Waals surface area contributed by atoms with Crippen LogP contribution in [0.25, 0.3) is 10.8 Å². The maximum atomic E-state index is 4.58. The van der Waals surface area contributed by atoms with Gasteiger partial charge in [-0.25, -0.2) is 0 Å². The summed E-state index contributed by atoms with van der Waals surface area (Å²) in [6, 6.07) is 8.49. The zero-order valence-electron chi connectivity index (χ0n) is 10.2. The van der Waals surface area contributed by atoms with Gasteiger partial charge in [-0.1, -0.05) is 44.0 Å². The largest absolute Gasteiger partial charge is 0.260 e. The van der Waals surface area contributed by atoms with E-state index in [0.29, 0.717) is 0 Å². The molecule has 2 aromatic rings. The highest BCUT2D eigenvalue weighted by atomic mass is 14.7. The van der Waals surface area contributed by atoms with Crippen molar-refractivity contribution >= 4 is 10.8 Å². The van der Waals surface area contributed by atoms with E-state index in [0.717, 1.165) is 6.42 Å². The molecule has 0 spiro atoms. The van der Waals surface area contributed by atoms with Crippen LogP contribution in [0, 0.1) is 6.92 Å². The smallest absolute Gasteiger partial charge is 0.0439 e. The average Bonchev–Trinajstić information content (AvgIpc) is 2.33. The van der Waals surface area contributed by atoms with Crippen molar-refractivity contribution in [3.63, 3.8) is 0 Å². The van der Waals surface area contributed by atoms with Crippen LogP contribution in [0.1, 0.15) is 37.4 Å². The van der Waals surface area contributed by atoms with Crippen molar-refractivity contribution in [3.05, 3.63) is 41.7 Å². The van der Waals surface area contributed by atoms with E-state index in [-0.39, 0.29) is 0 Å². The van der Waals surface area contributed by atoms with E-state index in [1.807, 2.05) is 6.20 Å². The SMILES string of the molecule is CCCCCc1ncc2ccccc2c1C. The monoisotopic (exact) mass is 213 g/mol. The molecule has 0 saturated carbocycles. The molecule has 0 bridgehead atoms. The van der Waals surface area contributed by atoms with Crippen molar-refractivity contribution in [2.24, 2.45) is 0 Å². The first kappa shape index (κ1) is 11.1. The van der Waals surface area contributed by atoms with Crippen LogP contribution in [-0.4, -0.2) is 4.98 Å². The lowest BCUT2D eigenvalue weighted by Gasteiger charge is -2.07. The zero-order valence-corrected chi connectivity index (χ0v) is 10.2. The Morgan fingerprint density at radius 2 is 1.94 bits per heavy atom. The Morgan fingerprint density at radius 3 is 2.75 bits per heavy atom. The van der Waals surface area contributed by atoms with Crippen LogP contribution >= 0.6 is 0 Å². The normalized spacial score (nSPS) is 10.9. The molecular weight excluding hydrogens is 194 g/mol. The molecule has 1 heterocycles. The van der Waals surface area contributed by atoms with Gasteiger partial charge < -0.3 is 0 Å². The van der Waals surface area contributed by atoms with E-state index in [9.17, 15) is 0 Å². The molecule has 0 aliphatic carbocycles. The Bertz CT molecular complexity index is 474. The van der Waals surface area contributed by atoms with Gasteiger partial charge in [-0.15, -0.1) is 0 Å². The lowest BCUT2D eigenvalue weighted by Crippen LogP contribution is -1.95. The Labute approximate surface area is 97.5 Å². The van der Waals surface area contributed by atoms with Gasteiger partial charge in [-0.2, -0.15) is 0 Å². The van der Waals surface area contributed by atoms with Crippen molar-refractivity contribution < 1.29 is 0 Å². The van der Waals surface area contributed by atoms with Crippen molar-refractivity contribution in [2.45, 2.75) is 39.5 Å². The fourth-order valence-corrected chi connectivity index (χ4v) is 2.15. The summed E-state index contributed by atoms with van der Waals surface area (Å²) >= 11 is 0. The van der Waals surface area contributed by atoms with Gasteiger partial charge in [0.1, 0.15) is 0 Å². The predicted molar refractivity (Wildman–Crippen MR) is 69.7 cm³/mol. The third-order valence-corrected chi connectivity index (χ3v) is 3.17. The minimum absolute atomic E-state index is 1.12. The Hall–Kier alpha value is -1.37. The summed E-state index contributed by atoms with van der Waals surface area (Å²) in [7, 11) is 0. The molecular formula is C15H19N. The van der Waals surface area contributed by atoms with Crippen LogP contribution in [0.15, 0.2) is 30.5 Å². The van der Waals surface area contributed by atoms with Gasteiger partial charge in [0.2, 0.25) is 0 Å². The lowest BCUT2D eigenvalue weighted by atomic mass is 10.0. The Morgan fingerprint density at radius 1 is 1.12 bits per heavy atom. The van der Waals surface area contributed by atoms with Crippen LogP contribution < -0.4 is 0 Å². The summed E-state index contributed by atoms with van der Waals surface area (Å²) in [6.45, 7) is 4.43. The summed E-state index contributed by atoms with van der Waals surface area (Å²) in [6.07, 6.45) is 6.94. The average molecular weight is 213 g/mol. The number of hydrogen-bond donors (Lipinski definition) is 0. The summed E-state index contributed by atoms with van der Waals surface area (Å²) in [5.41, 5.74) is 2.63. The summed E-state index contributed by atoms with van der Waals surface area (Å²) in [5.74, 6) is 0. The number of nitrogens with zero attached hydrogens (tertiary/aromatic N) is 1. The maximum absolute atomic E-state index is 4.58. The molecule has 0 saturated heterocycles. The van der Waals surface area contributed by atoms with Gasteiger partial charge in [0, 0.05) is 17.3 Å². The zero-order chi connectivity index (χ0) is 11.4. The maximum Gasteiger partial charge on any atom is 0.0439 e. The van der Waals surface area contributed by atoms with Crippen molar-refractivity contribution in [1.82, 2.24) is 4.98 Å². The van der Waals surface area contributed by atoms with Crippen molar-refractivity contribution in [1.29, 1.82) is 0 Å². The molecule has 1 aromatic carbocycles. The van der Waals surface area contributed by atoms with Crippen LogP contribution in [0.3, 0.4) is 0 Å². The van der Waals surface area contributed by atoms with Crippen LogP contribution in [0.2, 0.25) is 0 Å². The highest BCUT2D eigenvalue weighted by Gasteiger charge is 2.03. The quantitative estimate of drug-likeness (QED) is 0.691. The van der Waals surface area contributed by atoms with E-state index in [2.05, 4.69) is 43.1 Å². The van der Waals surface area contributed by atoms with E-state index >= 15 is 0 Å². The third kappa shape index (κ3) is 2.24. The van der Waals surface area contributed by atoms with Gasteiger partial charge >= 0.3 is 0 Å². The fraction of sp³-hybridized carbons (Fsp3) is 0.400. The molecule has 16 heavy (non-hydrogen) atoms. The molecule has 1 heteroatoms. The molecule has 0 atom stereocenters. The fourth-order valence-electron chi connectivity index (χ4n) is 2.15. The molecule has 0 aliphatic rings. The first-order valence-electron chi connectivity index (χ1n) is 6.16. The standard InChI is InChI=1S/C15H19N/c1-3-4-5-10-15-12(2)14-9-7-6-8-13(14)11-16-15/h6-9,11H,3-5,10H2,1-2H3. The number of fused-ring (bicyclic) bond motifs is 1. The number of hydrogen-bond acceptors (Lipinski definition) is 1. The van der Waals surface area contributed by atoms with Gasteiger partial charge in [-0.05, 0) is 30.7 Å². The Balaban J connectivity index is 2.29. The minimum atomic E-state index is 1.12. The summed E-state index contributed by atoms with van der Waals surface area (Å²) < 4.78 is 0. The molecule has 0 unspecified atom stereocenters. The predicted octanol–water partition coefficient (Wildman–Crippen LogP) is 4.28. The highest BCUT2D eigenvalue weighted by Crippen LogP contribution is 2.20. The first-order valence-corrected chi connectivity index (χ1v) is 6.16. The van der Waals surface area contributed by atoms with E-state index < -0.39 is 0 Å². The van der Waals surface area contributed by atoms with Gasteiger partial charge in [-0.3, -0.25) is 4.98 Å². The topological polar surface area (TPSA) is 12.9 Å². The second kappa shape index (κ2) is 5.11. The number of aromatic nitrogens is 1. The lowest BCUT2D eigenvalue weighted by molar-refractivity contribution is 0.705. The molecule has 0 amide bonds. The van der Waals surface area contributed by atoms with Crippen LogP contribution in [-0.2, 0) is 6.42 Å². The van der Waals surface area contributed by atoms with Gasteiger partial charge in [0.15, 0.2) is 0 Å². The third-order valence-electron chi connectivity index (χ3n) is 3.17. The minimum Gasteiger partial charge on any atom is -0.260 e. The van der Waals surface area contributed by atoms with Crippen molar-refractivity contribution in [2.75, 3.05) is 0 Å². The number of pyridine rings is 1. The molecule has 0 radical (unpaired) electrons. The second-order valence-electron chi connectivity index (χ2n) is 4.37. The van der Waals surface area contributed by atoms with E-state index in [4.69, 9.17) is 0 Å². The first-order chi connectivity index (χ1) is 7.83. The second-order valence-corrected chi connectivity index (χ2v) is 4.37. The van der Waals surface area contributed by atoms with E-state index in [1.165, 1.54) is 41.3 Å². The molecule has 84 valence electrons.